The van der Waals surface area contributed by atoms with Gasteiger partial charge in [-0.25, -0.2) is 0 Å². The van der Waals surface area contributed by atoms with Gasteiger partial charge in [0.15, 0.2) is 0 Å². The zero-order valence-corrected chi connectivity index (χ0v) is 8.96. The average Bonchev–Trinajstić information content (AvgIpc) is 2.64. The highest BCUT2D eigenvalue weighted by atomic mass is 16.1. The largest absolute Gasteiger partial charge is 0.370 e. The predicted molar refractivity (Wildman–Crippen MR) is 57.0 cm³/mol. The predicted octanol–water partition coefficient (Wildman–Crippen LogP) is -0.0643. The van der Waals surface area contributed by atoms with Crippen LogP contribution in [0, 0.1) is 0 Å². The van der Waals surface area contributed by atoms with Crippen LogP contribution >= 0.6 is 0 Å². The van der Waals surface area contributed by atoms with E-state index in [4.69, 9.17) is 5.73 Å². The van der Waals surface area contributed by atoms with Crippen LogP contribution in [0.25, 0.3) is 0 Å². The molecule has 1 amide bonds. The van der Waals surface area contributed by atoms with Crippen molar-refractivity contribution in [1.82, 2.24) is 10.2 Å². The standard InChI is InChI=1S/C10H21N3O/c1-2-13(7-5-10(11)14)8-9-4-3-6-12-9/h9,12H,2-8H2,1H3,(H2,11,14). The minimum Gasteiger partial charge on any atom is -0.370 e. The SMILES string of the molecule is CCN(CCC(N)=O)CC1CCCN1. The van der Waals surface area contributed by atoms with Gasteiger partial charge in [-0.05, 0) is 25.9 Å². The fourth-order valence-electron chi connectivity index (χ4n) is 1.87. The minimum absolute atomic E-state index is 0.206. The topological polar surface area (TPSA) is 58.4 Å². The first-order chi connectivity index (χ1) is 6.72. The van der Waals surface area contributed by atoms with Gasteiger partial charge in [0.05, 0.1) is 0 Å². The summed E-state index contributed by atoms with van der Waals surface area (Å²) >= 11 is 0. The van der Waals surface area contributed by atoms with E-state index in [0.717, 1.165) is 26.2 Å². The first-order valence-corrected chi connectivity index (χ1v) is 5.46. The lowest BCUT2D eigenvalue weighted by Gasteiger charge is -2.23. The van der Waals surface area contributed by atoms with Crippen LogP contribution in [-0.2, 0) is 4.79 Å². The van der Waals surface area contributed by atoms with Gasteiger partial charge in [-0.2, -0.15) is 0 Å². The number of nitrogens with zero attached hydrogens (tertiary/aromatic N) is 1. The van der Waals surface area contributed by atoms with Crippen LogP contribution in [-0.4, -0.2) is 43.0 Å². The zero-order chi connectivity index (χ0) is 10.4. The summed E-state index contributed by atoms with van der Waals surface area (Å²) < 4.78 is 0. The van der Waals surface area contributed by atoms with Crippen molar-refractivity contribution in [2.24, 2.45) is 5.73 Å². The van der Waals surface area contributed by atoms with E-state index in [1.54, 1.807) is 0 Å². The molecule has 0 bridgehead atoms. The van der Waals surface area contributed by atoms with Gasteiger partial charge in [-0.15, -0.1) is 0 Å². The Labute approximate surface area is 85.8 Å². The first-order valence-electron chi connectivity index (χ1n) is 5.46. The zero-order valence-electron chi connectivity index (χ0n) is 8.96. The van der Waals surface area contributed by atoms with Gasteiger partial charge in [0.25, 0.3) is 0 Å². The second-order valence-electron chi connectivity index (χ2n) is 3.90. The molecule has 0 saturated carbocycles. The van der Waals surface area contributed by atoms with Crippen LogP contribution in [0.1, 0.15) is 26.2 Å². The maximum atomic E-state index is 10.6. The van der Waals surface area contributed by atoms with Crippen LogP contribution in [0.5, 0.6) is 0 Å². The molecule has 1 rings (SSSR count). The maximum Gasteiger partial charge on any atom is 0.218 e. The molecule has 0 aliphatic carbocycles. The molecule has 0 radical (unpaired) electrons. The highest BCUT2D eigenvalue weighted by Crippen LogP contribution is 2.06. The number of hydrogen-bond acceptors (Lipinski definition) is 3. The molecule has 0 aromatic carbocycles. The van der Waals surface area contributed by atoms with Crippen molar-refractivity contribution >= 4 is 5.91 Å². The van der Waals surface area contributed by atoms with Crippen LogP contribution in [0.4, 0.5) is 0 Å². The summed E-state index contributed by atoms with van der Waals surface area (Å²) in [5.41, 5.74) is 5.12. The molecular weight excluding hydrogens is 178 g/mol. The Morgan fingerprint density at radius 3 is 2.93 bits per heavy atom. The van der Waals surface area contributed by atoms with E-state index in [2.05, 4.69) is 17.1 Å². The van der Waals surface area contributed by atoms with Gasteiger partial charge in [-0.3, -0.25) is 4.79 Å². The van der Waals surface area contributed by atoms with E-state index >= 15 is 0 Å². The van der Waals surface area contributed by atoms with Crippen LogP contribution < -0.4 is 11.1 Å². The first kappa shape index (κ1) is 11.5. The molecule has 4 heteroatoms. The summed E-state index contributed by atoms with van der Waals surface area (Å²) in [6, 6.07) is 0.614. The Morgan fingerprint density at radius 2 is 2.43 bits per heavy atom. The summed E-state index contributed by atoms with van der Waals surface area (Å²) in [6.45, 7) is 6.09. The Hall–Kier alpha value is -0.610. The summed E-state index contributed by atoms with van der Waals surface area (Å²) in [5.74, 6) is -0.206. The number of carbonyl (C=O) groups excluding carboxylic acids is 1. The molecular formula is C10H21N3O. The molecule has 3 N–H and O–H groups in total. The van der Waals surface area contributed by atoms with E-state index in [9.17, 15) is 4.79 Å². The number of carbonyl (C=O) groups is 1. The van der Waals surface area contributed by atoms with Crippen molar-refractivity contribution in [3.8, 4) is 0 Å². The fourth-order valence-corrected chi connectivity index (χ4v) is 1.87. The number of amides is 1. The molecule has 1 fully saturated rings. The van der Waals surface area contributed by atoms with Crippen molar-refractivity contribution in [3.05, 3.63) is 0 Å². The molecule has 0 spiro atoms. The lowest BCUT2D eigenvalue weighted by atomic mass is 10.2. The van der Waals surface area contributed by atoms with E-state index in [0.29, 0.717) is 12.5 Å². The van der Waals surface area contributed by atoms with Gasteiger partial charge >= 0.3 is 0 Å². The molecule has 1 heterocycles. The lowest BCUT2D eigenvalue weighted by molar-refractivity contribution is -0.118. The molecule has 0 aromatic heterocycles. The second kappa shape index (κ2) is 5.98. The van der Waals surface area contributed by atoms with Gasteiger partial charge in [0.2, 0.25) is 5.91 Å². The number of nitrogens with two attached hydrogens (primary N) is 1. The van der Waals surface area contributed by atoms with E-state index in [1.807, 2.05) is 0 Å². The molecule has 1 aliphatic heterocycles. The van der Waals surface area contributed by atoms with Crippen molar-refractivity contribution in [3.63, 3.8) is 0 Å². The Bertz CT molecular complexity index is 178. The quantitative estimate of drug-likeness (QED) is 0.630. The molecule has 1 unspecified atom stereocenters. The normalized spacial score (nSPS) is 21.7. The third-order valence-corrected chi connectivity index (χ3v) is 2.76. The van der Waals surface area contributed by atoms with Crippen LogP contribution in [0.15, 0.2) is 0 Å². The molecule has 14 heavy (non-hydrogen) atoms. The van der Waals surface area contributed by atoms with Crippen molar-refractivity contribution in [1.29, 1.82) is 0 Å². The number of nitrogens with one attached hydrogen (secondary N) is 1. The monoisotopic (exact) mass is 199 g/mol. The third-order valence-electron chi connectivity index (χ3n) is 2.76. The van der Waals surface area contributed by atoms with Crippen molar-refractivity contribution in [2.45, 2.75) is 32.2 Å². The van der Waals surface area contributed by atoms with Gasteiger partial charge in [-0.1, -0.05) is 6.92 Å². The maximum absolute atomic E-state index is 10.6. The summed E-state index contributed by atoms with van der Waals surface area (Å²) in [4.78, 5) is 12.9. The number of rotatable bonds is 6. The van der Waals surface area contributed by atoms with Gasteiger partial charge in [0.1, 0.15) is 0 Å². The fraction of sp³-hybridized carbons (Fsp3) is 0.900. The van der Waals surface area contributed by atoms with Crippen LogP contribution in [0.2, 0.25) is 0 Å². The van der Waals surface area contributed by atoms with E-state index in [1.165, 1.54) is 12.8 Å². The summed E-state index contributed by atoms with van der Waals surface area (Å²) in [5, 5.41) is 3.45. The number of likely N-dealkylation sites (N-methyl/N-ethyl adjacent to an activating group) is 1. The molecule has 1 atom stereocenters. The lowest BCUT2D eigenvalue weighted by Crippen LogP contribution is -2.38. The highest BCUT2D eigenvalue weighted by molar-refractivity contribution is 5.73. The number of primary amides is 1. The molecule has 4 nitrogen and oxygen atoms in total. The van der Waals surface area contributed by atoms with Crippen molar-refractivity contribution in [2.75, 3.05) is 26.2 Å². The van der Waals surface area contributed by atoms with Gasteiger partial charge in [0, 0.05) is 25.6 Å². The molecule has 1 saturated heterocycles. The third kappa shape index (κ3) is 4.07. The van der Waals surface area contributed by atoms with E-state index < -0.39 is 0 Å². The van der Waals surface area contributed by atoms with E-state index in [-0.39, 0.29) is 5.91 Å². The number of hydrogen-bond donors (Lipinski definition) is 2. The summed E-state index contributed by atoms with van der Waals surface area (Å²) in [7, 11) is 0. The average molecular weight is 199 g/mol. The second-order valence-corrected chi connectivity index (χ2v) is 3.90. The van der Waals surface area contributed by atoms with Crippen LogP contribution in [0.3, 0.4) is 0 Å². The highest BCUT2D eigenvalue weighted by Gasteiger charge is 2.16. The summed E-state index contributed by atoms with van der Waals surface area (Å²) in [6.07, 6.45) is 3.01. The molecule has 0 aromatic rings. The van der Waals surface area contributed by atoms with Gasteiger partial charge < -0.3 is 16.0 Å². The Morgan fingerprint density at radius 1 is 1.64 bits per heavy atom. The molecule has 1 aliphatic rings. The minimum atomic E-state index is -0.206. The molecule has 82 valence electrons. The van der Waals surface area contributed by atoms with Crippen molar-refractivity contribution < 1.29 is 4.79 Å². The Balaban J connectivity index is 2.19. The Kier molecular flexibility index (Phi) is 4.90. The smallest absolute Gasteiger partial charge is 0.218 e.